The second-order valence-corrected chi connectivity index (χ2v) is 7.12. The van der Waals surface area contributed by atoms with Crippen LogP contribution in [0.3, 0.4) is 0 Å². The van der Waals surface area contributed by atoms with Gasteiger partial charge in [-0.25, -0.2) is 4.79 Å². The van der Waals surface area contributed by atoms with Crippen LogP contribution in [0.5, 0.6) is 0 Å². The highest BCUT2D eigenvalue weighted by Crippen LogP contribution is 2.30. The lowest BCUT2D eigenvalue weighted by Gasteiger charge is -2.46. The van der Waals surface area contributed by atoms with Gasteiger partial charge >= 0.3 is 6.03 Å². The van der Waals surface area contributed by atoms with E-state index in [4.69, 9.17) is 4.74 Å². The molecule has 138 valence electrons. The summed E-state index contributed by atoms with van der Waals surface area (Å²) < 4.78 is 7.69. The Kier molecular flexibility index (Phi) is 5.27. The minimum atomic E-state index is -0.287. The van der Waals surface area contributed by atoms with Crippen molar-refractivity contribution in [2.24, 2.45) is 0 Å². The predicted molar refractivity (Wildman–Crippen MR) is 92.0 cm³/mol. The van der Waals surface area contributed by atoms with E-state index in [-0.39, 0.29) is 30.2 Å². The highest BCUT2D eigenvalue weighted by Gasteiger charge is 2.42. The molecule has 25 heavy (non-hydrogen) atoms. The van der Waals surface area contributed by atoms with E-state index in [1.807, 2.05) is 35.8 Å². The van der Waals surface area contributed by atoms with Gasteiger partial charge in [-0.3, -0.25) is 9.48 Å². The van der Waals surface area contributed by atoms with Crippen LogP contribution in [0.2, 0.25) is 0 Å². The molecular formula is C17H27N5O3. The Hall–Kier alpha value is -2.09. The SMILES string of the molecule is CC(CCn1cccn1)NC(=O)N1CCC2(CC1)CN(C)C(=O)CO2. The first kappa shape index (κ1) is 17.7. The molecule has 0 saturated carbocycles. The number of nitrogens with one attached hydrogen (secondary N) is 1. The lowest BCUT2D eigenvalue weighted by Crippen LogP contribution is -2.59. The molecule has 0 radical (unpaired) electrons. The van der Waals surface area contributed by atoms with Gasteiger partial charge in [0.2, 0.25) is 5.91 Å². The molecule has 0 bridgehead atoms. The zero-order valence-corrected chi connectivity index (χ0v) is 15.0. The van der Waals surface area contributed by atoms with Gasteiger partial charge < -0.3 is 19.9 Å². The molecule has 2 fully saturated rings. The fourth-order valence-electron chi connectivity index (χ4n) is 3.44. The van der Waals surface area contributed by atoms with Gasteiger partial charge in [0.05, 0.1) is 5.60 Å². The monoisotopic (exact) mass is 349 g/mol. The summed E-state index contributed by atoms with van der Waals surface area (Å²) in [5, 5.41) is 7.23. The normalized spacial score (nSPS) is 21.4. The second-order valence-electron chi connectivity index (χ2n) is 7.12. The van der Waals surface area contributed by atoms with Crippen molar-refractivity contribution in [2.45, 2.75) is 44.4 Å². The number of aryl methyl sites for hydroxylation is 1. The lowest BCUT2D eigenvalue weighted by atomic mass is 9.89. The van der Waals surface area contributed by atoms with E-state index in [2.05, 4.69) is 10.4 Å². The molecule has 1 unspecified atom stereocenters. The molecule has 3 rings (SSSR count). The van der Waals surface area contributed by atoms with E-state index in [0.29, 0.717) is 19.6 Å². The van der Waals surface area contributed by atoms with Crippen molar-refractivity contribution in [3.05, 3.63) is 18.5 Å². The molecule has 1 aromatic rings. The quantitative estimate of drug-likeness (QED) is 0.868. The van der Waals surface area contributed by atoms with Crippen molar-refractivity contribution in [2.75, 3.05) is 33.3 Å². The summed E-state index contributed by atoms with van der Waals surface area (Å²) in [6, 6.07) is 1.95. The highest BCUT2D eigenvalue weighted by atomic mass is 16.5. The zero-order valence-electron chi connectivity index (χ0n) is 15.0. The topological polar surface area (TPSA) is 79.7 Å². The van der Waals surface area contributed by atoms with Gasteiger partial charge in [0.1, 0.15) is 6.61 Å². The number of likely N-dealkylation sites (N-methyl/N-ethyl adjacent to an activating group) is 1. The first-order valence-electron chi connectivity index (χ1n) is 8.88. The van der Waals surface area contributed by atoms with Crippen molar-refractivity contribution in [1.29, 1.82) is 0 Å². The fourth-order valence-corrected chi connectivity index (χ4v) is 3.44. The van der Waals surface area contributed by atoms with Crippen molar-refractivity contribution in [3.8, 4) is 0 Å². The molecule has 2 saturated heterocycles. The Morgan fingerprint density at radius 1 is 1.44 bits per heavy atom. The number of rotatable bonds is 4. The van der Waals surface area contributed by atoms with Crippen LogP contribution in [0.4, 0.5) is 4.79 Å². The van der Waals surface area contributed by atoms with E-state index in [1.165, 1.54) is 0 Å². The molecule has 8 heteroatoms. The number of carbonyl (C=O) groups excluding carboxylic acids is 2. The molecule has 1 N–H and O–H groups in total. The summed E-state index contributed by atoms with van der Waals surface area (Å²) >= 11 is 0. The van der Waals surface area contributed by atoms with Crippen LogP contribution >= 0.6 is 0 Å². The van der Waals surface area contributed by atoms with Crippen LogP contribution in [-0.4, -0.2) is 76.5 Å². The molecular weight excluding hydrogens is 322 g/mol. The Bertz CT molecular complexity index is 595. The summed E-state index contributed by atoms with van der Waals surface area (Å²) in [6.45, 7) is 4.86. The van der Waals surface area contributed by atoms with E-state index in [0.717, 1.165) is 25.8 Å². The summed E-state index contributed by atoms with van der Waals surface area (Å²) in [5.41, 5.74) is -0.287. The number of aromatic nitrogens is 2. The first-order valence-corrected chi connectivity index (χ1v) is 8.88. The molecule has 3 amide bonds. The van der Waals surface area contributed by atoms with E-state index < -0.39 is 0 Å². The number of piperidine rings is 1. The van der Waals surface area contributed by atoms with Crippen LogP contribution in [0.1, 0.15) is 26.2 Å². The minimum absolute atomic E-state index is 0.0248. The zero-order chi connectivity index (χ0) is 17.9. The number of ether oxygens (including phenoxy) is 1. The average molecular weight is 349 g/mol. The molecule has 1 aromatic heterocycles. The van der Waals surface area contributed by atoms with Gasteiger partial charge in [-0.1, -0.05) is 0 Å². The van der Waals surface area contributed by atoms with Crippen LogP contribution < -0.4 is 5.32 Å². The van der Waals surface area contributed by atoms with Crippen LogP contribution in [0, 0.1) is 0 Å². The summed E-state index contributed by atoms with van der Waals surface area (Å²) in [5.74, 6) is 0.0248. The third-order valence-electron chi connectivity index (χ3n) is 5.14. The standard InChI is InChI=1S/C17H27N5O3/c1-14(4-9-22-8-3-7-18-22)19-16(24)21-10-5-17(6-11-21)13-20(2)15(23)12-25-17/h3,7-8,14H,4-6,9-13H2,1-2H3,(H,19,24). The van der Waals surface area contributed by atoms with Crippen molar-refractivity contribution in [3.63, 3.8) is 0 Å². The second kappa shape index (κ2) is 7.43. The van der Waals surface area contributed by atoms with E-state index in [1.54, 1.807) is 11.1 Å². The number of morpholine rings is 1. The maximum Gasteiger partial charge on any atom is 0.317 e. The number of amides is 3. The van der Waals surface area contributed by atoms with Gasteiger partial charge in [0, 0.05) is 51.7 Å². The van der Waals surface area contributed by atoms with Crippen LogP contribution in [0.25, 0.3) is 0 Å². The number of hydrogen-bond donors (Lipinski definition) is 1. The van der Waals surface area contributed by atoms with Gasteiger partial charge in [-0.2, -0.15) is 5.10 Å². The van der Waals surface area contributed by atoms with Gasteiger partial charge in [-0.05, 0) is 32.3 Å². The average Bonchev–Trinajstić information content (AvgIpc) is 3.11. The smallest absolute Gasteiger partial charge is 0.317 e. The highest BCUT2D eigenvalue weighted by molar-refractivity contribution is 5.78. The Morgan fingerprint density at radius 3 is 2.84 bits per heavy atom. The number of nitrogens with zero attached hydrogens (tertiary/aromatic N) is 4. The summed E-state index contributed by atoms with van der Waals surface area (Å²) in [6.07, 6.45) is 6.04. The van der Waals surface area contributed by atoms with Crippen LogP contribution in [-0.2, 0) is 16.1 Å². The van der Waals surface area contributed by atoms with Crippen molar-refractivity contribution >= 4 is 11.9 Å². The predicted octanol–water partition coefficient (Wildman–Crippen LogP) is 0.695. The minimum Gasteiger partial charge on any atom is -0.363 e. The van der Waals surface area contributed by atoms with Gasteiger partial charge in [0.15, 0.2) is 0 Å². The largest absolute Gasteiger partial charge is 0.363 e. The number of likely N-dealkylation sites (tertiary alicyclic amines) is 1. The third kappa shape index (κ3) is 4.31. The molecule has 1 atom stereocenters. The van der Waals surface area contributed by atoms with Crippen molar-refractivity contribution in [1.82, 2.24) is 24.9 Å². The number of urea groups is 1. The molecule has 8 nitrogen and oxygen atoms in total. The molecule has 2 aliphatic rings. The Labute approximate surface area is 148 Å². The summed E-state index contributed by atoms with van der Waals surface area (Å²) in [7, 11) is 1.81. The molecule has 1 spiro atoms. The first-order chi connectivity index (χ1) is 12.0. The Balaban J connectivity index is 1.43. The van der Waals surface area contributed by atoms with Crippen molar-refractivity contribution < 1.29 is 14.3 Å². The lowest BCUT2D eigenvalue weighted by molar-refractivity contribution is -0.167. The number of carbonyl (C=O) groups is 2. The van der Waals surface area contributed by atoms with Gasteiger partial charge in [-0.15, -0.1) is 0 Å². The van der Waals surface area contributed by atoms with E-state index >= 15 is 0 Å². The maximum atomic E-state index is 12.4. The van der Waals surface area contributed by atoms with Crippen LogP contribution in [0.15, 0.2) is 18.5 Å². The van der Waals surface area contributed by atoms with E-state index in [9.17, 15) is 9.59 Å². The molecule has 0 aromatic carbocycles. The summed E-state index contributed by atoms with van der Waals surface area (Å²) in [4.78, 5) is 27.6. The fraction of sp³-hybridized carbons (Fsp3) is 0.706. The maximum absolute atomic E-state index is 12.4. The number of hydrogen-bond acceptors (Lipinski definition) is 4. The third-order valence-corrected chi connectivity index (χ3v) is 5.14. The molecule has 2 aliphatic heterocycles. The van der Waals surface area contributed by atoms with Gasteiger partial charge in [0.25, 0.3) is 0 Å². The Morgan fingerprint density at radius 2 is 2.20 bits per heavy atom. The molecule has 0 aliphatic carbocycles. The molecule has 3 heterocycles.